The maximum Gasteiger partial charge on any atom is 0.264 e. The van der Waals surface area contributed by atoms with Gasteiger partial charge in [-0.15, -0.1) is 0 Å². The number of nitrogens with two attached hydrogens (primary N) is 1. The van der Waals surface area contributed by atoms with Gasteiger partial charge in [0.2, 0.25) is 0 Å². The van der Waals surface area contributed by atoms with Crippen LogP contribution in [0.4, 0.5) is 11.4 Å². The maximum atomic E-state index is 13.2. The van der Waals surface area contributed by atoms with Crippen molar-refractivity contribution in [2.45, 2.75) is 11.4 Å². The Morgan fingerprint density at radius 3 is 2.20 bits per heavy atom. The zero-order valence-electron chi connectivity index (χ0n) is 13.3. The minimum absolute atomic E-state index is 0.178. The van der Waals surface area contributed by atoms with E-state index in [1.165, 1.54) is 16.4 Å². The van der Waals surface area contributed by atoms with Gasteiger partial charge >= 0.3 is 0 Å². The Balaban J connectivity index is 2.08. The average molecular weight is 373 g/mol. The monoisotopic (exact) mass is 372 g/mol. The molecule has 3 rings (SSSR count). The first-order chi connectivity index (χ1) is 12.0. The molecule has 0 aliphatic carbocycles. The predicted molar refractivity (Wildman–Crippen MR) is 102 cm³/mol. The van der Waals surface area contributed by atoms with E-state index in [2.05, 4.69) is 0 Å². The molecule has 0 fully saturated rings. The number of nitrogen functional groups attached to an aromatic ring is 1. The lowest BCUT2D eigenvalue weighted by Gasteiger charge is -2.25. The number of hydrogen-bond acceptors (Lipinski definition) is 3. The quantitative estimate of drug-likeness (QED) is 0.678. The first-order valence-corrected chi connectivity index (χ1v) is 9.46. The highest BCUT2D eigenvalue weighted by Crippen LogP contribution is 2.28. The topological polar surface area (TPSA) is 63.4 Å². The van der Waals surface area contributed by atoms with E-state index in [1.807, 2.05) is 30.3 Å². The summed E-state index contributed by atoms with van der Waals surface area (Å²) in [6.45, 7) is 0.202. The van der Waals surface area contributed by atoms with E-state index >= 15 is 0 Å². The molecular formula is C19H17ClN2O2S. The summed E-state index contributed by atoms with van der Waals surface area (Å²) in [5, 5.41) is 0.475. The summed E-state index contributed by atoms with van der Waals surface area (Å²) in [5.41, 5.74) is 7.57. The molecule has 0 spiro atoms. The van der Waals surface area contributed by atoms with Crippen molar-refractivity contribution in [1.82, 2.24) is 0 Å². The normalized spacial score (nSPS) is 11.2. The molecule has 2 N–H and O–H groups in total. The summed E-state index contributed by atoms with van der Waals surface area (Å²) >= 11 is 6.07. The maximum absolute atomic E-state index is 13.2. The van der Waals surface area contributed by atoms with Gasteiger partial charge in [-0.25, -0.2) is 8.42 Å². The van der Waals surface area contributed by atoms with Crippen LogP contribution in [0.15, 0.2) is 83.8 Å². The van der Waals surface area contributed by atoms with Gasteiger partial charge in [-0.1, -0.05) is 48.0 Å². The molecule has 6 heteroatoms. The second kappa shape index (κ2) is 7.17. The van der Waals surface area contributed by atoms with Crippen LogP contribution in [0.5, 0.6) is 0 Å². The molecule has 0 bridgehead atoms. The van der Waals surface area contributed by atoms with Crippen LogP contribution in [0.3, 0.4) is 0 Å². The van der Waals surface area contributed by atoms with Gasteiger partial charge in [0.1, 0.15) is 0 Å². The molecule has 0 aromatic heterocycles. The van der Waals surface area contributed by atoms with Crippen LogP contribution >= 0.6 is 11.6 Å². The Labute approximate surface area is 152 Å². The zero-order valence-corrected chi connectivity index (χ0v) is 14.9. The largest absolute Gasteiger partial charge is 0.399 e. The Morgan fingerprint density at radius 1 is 0.880 bits per heavy atom. The van der Waals surface area contributed by atoms with E-state index < -0.39 is 10.0 Å². The third-order valence-electron chi connectivity index (χ3n) is 3.73. The summed E-state index contributed by atoms with van der Waals surface area (Å²) in [6.07, 6.45) is 0. The van der Waals surface area contributed by atoms with Crippen LogP contribution in [-0.4, -0.2) is 8.42 Å². The molecule has 0 unspecified atom stereocenters. The van der Waals surface area contributed by atoms with Crippen molar-refractivity contribution in [2.24, 2.45) is 0 Å². The molecular weight excluding hydrogens is 356 g/mol. The second-order valence-corrected chi connectivity index (χ2v) is 7.84. The van der Waals surface area contributed by atoms with Crippen molar-refractivity contribution in [3.63, 3.8) is 0 Å². The number of rotatable bonds is 5. The van der Waals surface area contributed by atoms with Crippen LogP contribution in [0.1, 0.15) is 5.56 Å². The van der Waals surface area contributed by atoms with Crippen molar-refractivity contribution in [3.05, 3.63) is 89.4 Å². The van der Waals surface area contributed by atoms with Gasteiger partial charge in [-0.3, -0.25) is 4.31 Å². The molecule has 4 nitrogen and oxygen atoms in total. The van der Waals surface area contributed by atoms with Gasteiger partial charge in [0, 0.05) is 10.7 Å². The summed E-state index contributed by atoms with van der Waals surface area (Å²) in [6, 6.07) is 22.4. The van der Waals surface area contributed by atoms with Gasteiger partial charge in [0.25, 0.3) is 10.0 Å². The van der Waals surface area contributed by atoms with Crippen molar-refractivity contribution in [1.29, 1.82) is 0 Å². The predicted octanol–water partition coefficient (Wildman–Crippen LogP) is 4.32. The zero-order chi connectivity index (χ0) is 17.9. The average Bonchev–Trinajstić information content (AvgIpc) is 2.61. The Hall–Kier alpha value is -2.50. The van der Waals surface area contributed by atoms with Crippen molar-refractivity contribution in [3.8, 4) is 0 Å². The van der Waals surface area contributed by atoms with E-state index in [0.717, 1.165) is 5.56 Å². The molecule has 0 aliphatic heterocycles. The second-order valence-electron chi connectivity index (χ2n) is 5.55. The minimum Gasteiger partial charge on any atom is -0.399 e. The van der Waals surface area contributed by atoms with Crippen molar-refractivity contribution >= 4 is 33.0 Å². The number of anilines is 2. The van der Waals surface area contributed by atoms with Crippen LogP contribution in [0, 0.1) is 0 Å². The van der Waals surface area contributed by atoms with Crippen LogP contribution in [0.25, 0.3) is 0 Å². The first-order valence-electron chi connectivity index (χ1n) is 7.64. The smallest absolute Gasteiger partial charge is 0.264 e. The summed E-state index contributed by atoms with van der Waals surface area (Å²) in [4.78, 5) is 0.178. The number of nitrogens with zero attached hydrogens (tertiary/aromatic N) is 1. The van der Waals surface area contributed by atoms with E-state index in [9.17, 15) is 8.42 Å². The van der Waals surface area contributed by atoms with Crippen LogP contribution < -0.4 is 10.0 Å². The van der Waals surface area contributed by atoms with Gasteiger partial charge in [-0.2, -0.15) is 0 Å². The number of hydrogen-bond donors (Lipinski definition) is 1. The highest BCUT2D eigenvalue weighted by molar-refractivity contribution is 7.92. The number of benzene rings is 3. The molecule has 3 aromatic rings. The third-order valence-corrected chi connectivity index (χ3v) is 5.76. The Bertz CT molecular complexity index is 958. The van der Waals surface area contributed by atoms with Gasteiger partial charge in [0.05, 0.1) is 17.1 Å². The molecule has 0 aliphatic rings. The molecule has 0 radical (unpaired) electrons. The lowest BCUT2D eigenvalue weighted by molar-refractivity contribution is 0.590. The summed E-state index contributed by atoms with van der Waals surface area (Å²) in [7, 11) is -3.77. The molecule has 25 heavy (non-hydrogen) atoms. The Morgan fingerprint density at radius 2 is 1.56 bits per heavy atom. The first kappa shape index (κ1) is 17.3. The number of sulfonamides is 1. The Kier molecular flexibility index (Phi) is 4.97. The molecule has 0 heterocycles. The van der Waals surface area contributed by atoms with E-state index in [0.29, 0.717) is 16.4 Å². The highest BCUT2D eigenvalue weighted by atomic mass is 35.5. The molecule has 0 amide bonds. The minimum atomic E-state index is -3.77. The fourth-order valence-electron chi connectivity index (χ4n) is 2.46. The summed E-state index contributed by atoms with van der Waals surface area (Å²) < 4.78 is 27.8. The fourth-order valence-corrected chi connectivity index (χ4v) is 4.09. The van der Waals surface area contributed by atoms with Crippen molar-refractivity contribution < 1.29 is 8.42 Å². The lowest BCUT2D eigenvalue weighted by Crippen LogP contribution is -2.30. The third kappa shape index (κ3) is 3.95. The van der Waals surface area contributed by atoms with Crippen LogP contribution in [0.2, 0.25) is 5.02 Å². The fraction of sp³-hybridized carbons (Fsp3) is 0.0526. The van der Waals surface area contributed by atoms with Crippen molar-refractivity contribution in [2.75, 3.05) is 10.0 Å². The number of halogens is 1. The summed E-state index contributed by atoms with van der Waals surface area (Å²) in [5.74, 6) is 0. The molecule has 0 atom stereocenters. The SMILES string of the molecule is Nc1ccc(S(=O)(=O)N(Cc2ccccc2)c2cccc(Cl)c2)cc1. The van der Waals surface area contributed by atoms with Gasteiger partial charge < -0.3 is 5.73 Å². The molecule has 0 saturated heterocycles. The van der Waals surface area contributed by atoms with E-state index in [1.54, 1.807) is 36.4 Å². The van der Waals surface area contributed by atoms with E-state index in [-0.39, 0.29) is 11.4 Å². The van der Waals surface area contributed by atoms with Gasteiger partial charge in [0.15, 0.2) is 0 Å². The van der Waals surface area contributed by atoms with Crippen LogP contribution in [-0.2, 0) is 16.6 Å². The molecule has 128 valence electrons. The van der Waals surface area contributed by atoms with Gasteiger partial charge in [-0.05, 0) is 48.0 Å². The standard InChI is InChI=1S/C19H17ClN2O2S/c20-16-7-4-8-18(13-16)22(14-15-5-2-1-3-6-15)25(23,24)19-11-9-17(21)10-12-19/h1-13H,14,21H2. The lowest BCUT2D eigenvalue weighted by atomic mass is 10.2. The molecule has 0 saturated carbocycles. The van der Waals surface area contributed by atoms with E-state index in [4.69, 9.17) is 17.3 Å². The molecule has 3 aromatic carbocycles. The highest BCUT2D eigenvalue weighted by Gasteiger charge is 2.25.